The highest BCUT2D eigenvalue weighted by molar-refractivity contribution is 7.71. The molecule has 0 aliphatic carbocycles. The lowest BCUT2D eigenvalue weighted by atomic mass is 10.1. The number of rotatable bonds is 10. The molecule has 3 N–H and O–H groups in total. The molecule has 13 heteroatoms. The second-order valence-electron chi connectivity index (χ2n) is 8.91. The topological polar surface area (TPSA) is 149 Å². The van der Waals surface area contributed by atoms with Crippen LogP contribution in [0, 0.1) is 17.6 Å². The van der Waals surface area contributed by atoms with E-state index in [2.05, 4.69) is 4.98 Å². The molecule has 1 aliphatic rings. The van der Waals surface area contributed by atoms with E-state index in [-0.39, 0.29) is 28.3 Å². The van der Waals surface area contributed by atoms with Gasteiger partial charge in [0, 0.05) is 11.8 Å². The van der Waals surface area contributed by atoms with Gasteiger partial charge in [-0.1, -0.05) is 25.1 Å². The predicted octanol–water partition coefficient (Wildman–Crippen LogP) is 2.71. The van der Waals surface area contributed by atoms with Crippen LogP contribution in [0.1, 0.15) is 32.6 Å². The average Bonchev–Trinajstić information content (AvgIpc) is 3.08. The van der Waals surface area contributed by atoms with Crippen molar-refractivity contribution in [3.63, 3.8) is 0 Å². The van der Waals surface area contributed by atoms with Gasteiger partial charge in [0.05, 0.1) is 24.8 Å². The Bertz CT molecular complexity index is 1220. The number of H-pyrrole nitrogens is 1. The number of hydrogen-bond acceptors (Lipinski definition) is 10. The number of para-hydroxylation sites is 1. The van der Waals surface area contributed by atoms with Gasteiger partial charge in [0.25, 0.3) is 5.56 Å². The summed E-state index contributed by atoms with van der Waals surface area (Å²) in [7, 11) is -3.96. The summed E-state index contributed by atoms with van der Waals surface area (Å²) in [6.45, 7) is 6.11. The highest BCUT2D eigenvalue weighted by Gasteiger charge is 2.45. The van der Waals surface area contributed by atoms with Crippen LogP contribution in [0.4, 0.5) is 0 Å². The quantitative estimate of drug-likeness (QED) is 0.232. The highest BCUT2D eigenvalue weighted by atomic mass is 32.1. The molecule has 3 rings (SSSR count). The summed E-state index contributed by atoms with van der Waals surface area (Å²) in [4.78, 5) is 26.6. The maximum Gasteiger partial charge on any atom is 0.380 e. The zero-order valence-corrected chi connectivity index (χ0v) is 22.1. The van der Waals surface area contributed by atoms with Gasteiger partial charge in [0.1, 0.15) is 24.1 Å². The van der Waals surface area contributed by atoms with Crippen LogP contribution in [-0.2, 0) is 23.4 Å². The molecule has 0 radical (unpaired) electrons. The standard InChI is InChI=1S/C23H31N2O9PS/c1-13(2)32-22(29)15(4)12-35(30,34-16-8-6-5-7-9-16)31-11-17-18(26)19(27)21(33-17)25-10-14(3)20(28)24-23(25)36/h5-10,13,15,17-19,21,26-27H,11-12H2,1-4H3,(H,24,28,36)/t15-,17+,18?,19-,21+,35?/m1/s1. The zero-order chi connectivity index (χ0) is 26.6. The van der Waals surface area contributed by atoms with E-state index < -0.39 is 50.6 Å². The normalized spacial score (nSPS) is 24.3. The van der Waals surface area contributed by atoms with Crippen molar-refractivity contribution >= 4 is 25.8 Å². The van der Waals surface area contributed by atoms with Gasteiger partial charge in [-0.3, -0.25) is 23.7 Å². The molecule has 198 valence electrons. The summed E-state index contributed by atoms with van der Waals surface area (Å²) in [5.74, 6) is -1.09. The third-order valence-electron chi connectivity index (χ3n) is 5.43. The largest absolute Gasteiger partial charge is 0.463 e. The van der Waals surface area contributed by atoms with Crippen LogP contribution in [0.25, 0.3) is 0 Å². The number of aryl methyl sites for hydroxylation is 1. The van der Waals surface area contributed by atoms with Crippen LogP contribution < -0.4 is 10.1 Å². The monoisotopic (exact) mass is 542 g/mol. The van der Waals surface area contributed by atoms with Crippen LogP contribution in [0.5, 0.6) is 5.75 Å². The molecule has 0 saturated carbocycles. The van der Waals surface area contributed by atoms with E-state index in [9.17, 15) is 24.4 Å². The molecule has 1 fully saturated rings. The Morgan fingerprint density at radius 3 is 2.53 bits per heavy atom. The van der Waals surface area contributed by atoms with Crippen molar-refractivity contribution in [2.75, 3.05) is 12.8 Å². The molecular weight excluding hydrogens is 511 g/mol. The number of hydrogen-bond donors (Lipinski definition) is 3. The first-order chi connectivity index (χ1) is 16.9. The van der Waals surface area contributed by atoms with Crippen molar-refractivity contribution < 1.29 is 38.1 Å². The molecule has 1 aliphatic heterocycles. The summed E-state index contributed by atoms with van der Waals surface area (Å²) < 4.78 is 37.3. The van der Waals surface area contributed by atoms with Crippen molar-refractivity contribution in [3.8, 4) is 5.75 Å². The van der Waals surface area contributed by atoms with E-state index in [0.29, 0.717) is 5.56 Å². The second kappa shape index (κ2) is 11.8. The Morgan fingerprint density at radius 1 is 1.22 bits per heavy atom. The number of nitrogens with one attached hydrogen (secondary N) is 1. The number of carbonyl (C=O) groups is 1. The number of aliphatic hydroxyl groups excluding tert-OH is 2. The van der Waals surface area contributed by atoms with Gasteiger partial charge in [-0.25, -0.2) is 4.57 Å². The van der Waals surface area contributed by atoms with Crippen molar-refractivity contribution in [2.45, 2.75) is 58.3 Å². The maximum absolute atomic E-state index is 13.7. The highest BCUT2D eigenvalue weighted by Crippen LogP contribution is 2.50. The van der Waals surface area contributed by atoms with Gasteiger partial charge in [0.15, 0.2) is 11.0 Å². The molecule has 36 heavy (non-hydrogen) atoms. The summed E-state index contributed by atoms with van der Waals surface area (Å²) in [6, 6.07) is 8.32. The summed E-state index contributed by atoms with van der Waals surface area (Å²) in [6.07, 6.45) is -4.28. The smallest absolute Gasteiger partial charge is 0.380 e. The molecule has 6 atom stereocenters. The number of aromatic nitrogens is 2. The van der Waals surface area contributed by atoms with Gasteiger partial charge >= 0.3 is 13.6 Å². The Balaban J connectivity index is 1.77. The van der Waals surface area contributed by atoms with Crippen molar-refractivity contribution in [2.24, 2.45) is 5.92 Å². The van der Waals surface area contributed by atoms with Gasteiger partial charge in [0.2, 0.25) is 0 Å². The van der Waals surface area contributed by atoms with Crippen LogP contribution in [0.3, 0.4) is 0 Å². The lowest BCUT2D eigenvalue weighted by molar-refractivity contribution is -0.151. The minimum atomic E-state index is -3.96. The number of aromatic amines is 1. The lowest BCUT2D eigenvalue weighted by Gasteiger charge is -2.24. The van der Waals surface area contributed by atoms with E-state index in [1.54, 1.807) is 58.0 Å². The number of aliphatic hydroxyl groups is 2. The summed E-state index contributed by atoms with van der Waals surface area (Å²) >= 11 is 5.16. The first-order valence-corrected chi connectivity index (χ1v) is 13.6. The van der Waals surface area contributed by atoms with Crippen molar-refractivity contribution in [1.82, 2.24) is 9.55 Å². The van der Waals surface area contributed by atoms with Gasteiger partial charge in [-0.15, -0.1) is 0 Å². The van der Waals surface area contributed by atoms with E-state index in [1.807, 2.05) is 0 Å². The molecule has 0 amide bonds. The van der Waals surface area contributed by atoms with Gasteiger partial charge < -0.3 is 24.2 Å². The van der Waals surface area contributed by atoms with E-state index in [0.717, 1.165) is 0 Å². The fourth-order valence-electron chi connectivity index (χ4n) is 3.58. The Kier molecular flexibility index (Phi) is 9.26. The molecule has 1 aromatic heterocycles. The Labute approximate surface area is 213 Å². The van der Waals surface area contributed by atoms with Crippen LogP contribution in [0.15, 0.2) is 41.3 Å². The van der Waals surface area contributed by atoms with Crippen molar-refractivity contribution in [1.29, 1.82) is 0 Å². The molecule has 11 nitrogen and oxygen atoms in total. The number of benzene rings is 1. The molecule has 1 aromatic carbocycles. The van der Waals surface area contributed by atoms with Crippen molar-refractivity contribution in [3.05, 3.63) is 57.2 Å². The lowest BCUT2D eigenvalue weighted by Crippen LogP contribution is -2.34. The van der Waals surface area contributed by atoms with Crippen LogP contribution >= 0.6 is 19.8 Å². The summed E-state index contributed by atoms with van der Waals surface area (Å²) in [5, 5.41) is 21.2. The third kappa shape index (κ3) is 6.90. The maximum atomic E-state index is 13.7. The fraction of sp³-hybridized carbons (Fsp3) is 0.522. The SMILES string of the molecule is Cc1cn([C@H]2O[C@@H](COP(=O)(C[C@@H](C)C(=O)OC(C)C)Oc3ccccc3)C(O)[C@H]2O)c(=S)[nH]c1=O. The molecule has 2 unspecified atom stereocenters. The molecule has 2 heterocycles. The molecular formula is C23H31N2O9PS. The van der Waals surface area contributed by atoms with Crippen LogP contribution in [0.2, 0.25) is 0 Å². The number of ether oxygens (including phenoxy) is 2. The van der Waals surface area contributed by atoms with Gasteiger partial charge in [-0.05, 0) is 45.1 Å². The van der Waals surface area contributed by atoms with Gasteiger partial charge in [-0.2, -0.15) is 0 Å². The number of nitrogens with zero attached hydrogens (tertiary/aromatic N) is 1. The summed E-state index contributed by atoms with van der Waals surface area (Å²) in [5.41, 5.74) is -0.0510. The minimum Gasteiger partial charge on any atom is -0.463 e. The Hall–Kier alpha value is -2.34. The first-order valence-electron chi connectivity index (χ1n) is 11.4. The predicted molar refractivity (Wildman–Crippen MR) is 132 cm³/mol. The average molecular weight is 543 g/mol. The van der Waals surface area contributed by atoms with E-state index in [4.69, 9.17) is 30.7 Å². The number of esters is 1. The third-order valence-corrected chi connectivity index (χ3v) is 7.77. The molecule has 1 saturated heterocycles. The van der Waals surface area contributed by atoms with E-state index in [1.165, 1.54) is 10.8 Å². The molecule has 0 spiro atoms. The fourth-order valence-corrected chi connectivity index (χ4v) is 5.69. The minimum absolute atomic E-state index is 0.000935. The second-order valence-corrected chi connectivity index (χ2v) is 11.3. The van der Waals surface area contributed by atoms with E-state index >= 15 is 0 Å². The molecule has 0 bridgehead atoms. The molecule has 2 aromatic rings. The van der Waals surface area contributed by atoms with Crippen LogP contribution in [-0.4, -0.2) is 62.9 Å². The zero-order valence-electron chi connectivity index (χ0n) is 20.4. The first kappa shape index (κ1) is 28.2. The Morgan fingerprint density at radius 2 is 1.89 bits per heavy atom. The number of carbonyl (C=O) groups excluding carboxylic acids is 1.